The highest BCUT2D eigenvalue weighted by Crippen LogP contribution is 2.23. The van der Waals surface area contributed by atoms with Crippen molar-refractivity contribution in [3.63, 3.8) is 0 Å². The summed E-state index contributed by atoms with van der Waals surface area (Å²) in [7, 11) is 0. The van der Waals surface area contributed by atoms with Crippen molar-refractivity contribution in [3.05, 3.63) is 0 Å². The summed E-state index contributed by atoms with van der Waals surface area (Å²) in [6.07, 6.45) is 4.75. The van der Waals surface area contributed by atoms with Crippen molar-refractivity contribution >= 4 is 12.0 Å². The van der Waals surface area contributed by atoms with Crippen LogP contribution >= 0.6 is 0 Å². The molecule has 1 heterocycles. The number of unbranched alkanes of at least 4 members (excludes halogenated alkanes) is 1. The standard InChI is InChI=1S/C15H28N2O3/c1-4-6-9-16(12(3)5-2)15(20)17-10-7-8-13(17)11-14(18)19/h12-13H,4-11H2,1-3H3,(H,18,19). The highest BCUT2D eigenvalue weighted by atomic mass is 16.4. The lowest BCUT2D eigenvalue weighted by Gasteiger charge is -2.35. The van der Waals surface area contributed by atoms with Gasteiger partial charge in [0.1, 0.15) is 0 Å². The number of carbonyl (C=O) groups excluding carboxylic acids is 1. The van der Waals surface area contributed by atoms with Crippen LogP contribution in [0.3, 0.4) is 0 Å². The maximum Gasteiger partial charge on any atom is 0.320 e. The number of rotatable bonds is 7. The van der Waals surface area contributed by atoms with Crippen molar-refractivity contribution in [3.8, 4) is 0 Å². The molecule has 0 aromatic carbocycles. The smallest absolute Gasteiger partial charge is 0.320 e. The van der Waals surface area contributed by atoms with Gasteiger partial charge in [0.05, 0.1) is 6.42 Å². The fourth-order valence-electron chi connectivity index (χ4n) is 2.72. The van der Waals surface area contributed by atoms with Gasteiger partial charge in [0.2, 0.25) is 0 Å². The number of amides is 2. The second-order valence-corrected chi connectivity index (χ2v) is 5.67. The third kappa shape index (κ3) is 4.39. The predicted molar refractivity (Wildman–Crippen MR) is 78.7 cm³/mol. The number of carbonyl (C=O) groups is 2. The van der Waals surface area contributed by atoms with E-state index in [0.29, 0.717) is 6.54 Å². The number of aliphatic carboxylic acids is 1. The summed E-state index contributed by atoms with van der Waals surface area (Å²) < 4.78 is 0. The Kier molecular flexibility index (Phi) is 6.82. The van der Waals surface area contributed by atoms with Crippen LogP contribution in [0.4, 0.5) is 4.79 Å². The van der Waals surface area contributed by atoms with E-state index in [4.69, 9.17) is 5.11 Å². The number of carboxylic acid groups (broad SMARTS) is 1. The normalized spacial score (nSPS) is 19.9. The van der Waals surface area contributed by atoms with Gasteiger partial charge in [0, 0.05) is 25.2 Å². The summed E-state index contributed by atoms with van der Waals surface area (Å²) in [5, 5.41) is 8.96. The lowest BCUT2D eigenvalue weighted by Crippen LogP contribution is -2.49. The quantitative estimate of drug-likeness (QED) is 0.782. The largest absolute Gasteiger partial charge is 0.481 e. The van der Waals surface area contributed by atoms with Crippen molar-refractivity contribution in [2.24, 2.45) is 0 Å². The number of urea groups is 1. The summed E-state index contributed by atoms with van der Waals surface area (Å²) >= 11 is 0. The molecule has 2 atom stereocenters. The Morgan fingerprint density at radius 1 is 1.40 bits per heavy atom. The monoisotopic (exact) mass is 284 g/mol. The predicted octanol–water partition coefficient (Wildman–Crippen LogP) is 2.95. The van der Waals surface area contributed by atoms with Crippen LogP contribution in [0.25, 0.3) is 0 Å². The molecule has 0 aliphatic carbocycles. The van der Waals surface area contributed by atoms with Crippen LogP contribution in [-0.2, 0) is 4.79 Å². The van der Waals surface area contributed by atoms with Crippen molar-refractivity contribution in [1.29, 1.82) is 0 Å². The second kappa shape index (κ2) is 8.12. The lowest BCUT2D eigenvalue weighted by molar-refractivity contribution is -0.138. The maximum atomic E-state index is 12.7. The Hall–Kier alpha value is -1.26. The molecule has 0 bridgehead atoms. The molecule has 1 aliphatic heterocycles. The Labute approximate surface area is 121 Å². The molecule has 0 aromatic heterocycles. The second-order valence-electron chi connectivity index (χ2n) is 5.67. The fourth-order valence-corrected chi connectivity index (χ4v) is 2.72. The van der Waals surface area contributed by atoms with Crippen LogP contribution in [0.1, 0.15) is 59.3 Å². The molecule has 1 rings (SSSR count). The number of hydrogen-bond acceptors (Lipinski definition) is 2. The van der Waals surface area contributed by atoms with Crippen LogP contribution in [0.2, 0.25) is 0 Å². The highest BCUT2D eigenvalue weighted by Gasteiger charge is 2.33. The first kappa shape index (κ1) is 16.8. The third-order valence-corrected chi connectivity index (χ3v) is 4.15. The third-order valence-electron chi connectivity index (χ3n) is 4.15. The Morgan fingerprint density at radius 3 is 2.65 bits per heavy atom. The maximum absolute atomic E-state index is 12.7. The molecule has 0 spiro atoms. The molecule has 20 heavy (non-hydrogen) atoms. The van der Waals surface area contributed by atoms with Crippen molar-refractivity contribution in [2.75, 3.05) is 13.1 Å². The van der Waals surface area contributed by atoms with Gasteiger partial charge in [-0.3, -0.25) is 4.79 Å². The molecule has 116 valence electrons. The van der Waals surface area contributed by atoms with Gasteiger partial charge in [-0.25, -0.2) is 4.79 Å². The first-order valence-corrected chi connectivity index (χ1v) is 7.80. The minimum atomic E-state index is -0.821. The molecule has 5 heteroatoms. The number of nitrogens with zero attached hydrogens (tertiary/aromatic N) is 2. The highest BCUT2D eigenvalue weighted by molar-refractivity contribution is 5.77. The van der Waals surface area contributed by atoms with Gasteiger partial charge < -0.3 is 14.9 Å². The Balaban J connectivity index is 2.73. The van der Waals surface area contributed by atoms with Gasteiger partial charge in [-0.2, -0.15) is 0 Å². The molecule has 1 fully saturated rings. The zero-order chi connectivity index (χ0) is 15.1. The van der Waals surface area contributed by atoms with E-state index in [9.17, 15) is 9.59 Å². The van der Waals surface area contributed by atoms with Crippen LogP contribution in [0.5, 0.6) is 0 Å². The van der Waals surface area contributed by atoms with E-state index in [1.165, 1.54) is 0 Å². The molecule has 2 unspecified atom stereocenters. The van der Waals surface area contributed by atoms with E-state index in [-0.39, 0.29) is 24.5 Å². The van der Waals surface area contributed by atoms with E-state index >= 15 is 0 Å². The molecular formula is C15H28N2O3. The van der Waals surface area contributed by atoms with Gasteiger partial charge in [-0.15, -0.1) is 0 Å². The zero-order valence-electron chi connectivity index (χ0n) is 13.0. The van der Waals surface area contributed by atoms with E-state index in [1.807, 2.05) is 4.90 Å². The summed E-state index contributed by atoms with van der Waals surface area (Å²) in [4.78, 5) is 27.3. The van der Waals surface area contributed by atoms with Gasteiger partial charge in [0.15, 0.2) is 0 Å². The summed E-state index contributed by atoms with van der Waals surface area (Å²) in [6.45, 7) is 7.71. The van der Waals surface area contributed by atoms with Crippen molar-refractivity contribution in [1.82, 2.24) is 9.80 Å². The Morgan fingerprint density at radius 2 is 2.10 bits per heavy atom. The number of likely N-dealkylation sites (tertiary alicyclic amines) is 1. The molecular weight excluding hydrogens is 256 g/mol. The van der Waals surface area contributed by atoms with Crippen LogP contribution in [0.15, 0.2) is 0 Å². The van der Waals surface area contributed by atoms with E-state index < -0.39 is 5.97 Å². The van der Waals surface area contributed by atoms with Crippen LogP contribution in [-0.4, -0.2) is 52.1 Å². The topological polar surface area (TPSA) is 60.9 Å². The van der Waals surface area contributed by atoms with Gasteiger partial charge in [-0.05, 0) is 32.6 Å². The molecule has 1 N–H and O–H groups in total. The number of carboxylic acids is 1. The van der Waals surface area contributed by atoms with Gasteiger partial charge in [0.25, 0.3) is 0 Å². The van der Waals surface area contributed by atoms with E-state index in [0.717, 1.165) is 38.6 Å². The molecule has 0 radical (unpaired) electrons. The van der Waals surface area contributed by atoms with Crippen LogP contribution in [0, 0.1) is 0 Å². The van der Waals surface area contributed by atoms with Crippen LogP contribution < -0.4 is 0 Å². The fraction of sp³-hybridized carbons (Fsp3) is 0.867. The zero-order valence-corrected chi connectivity index (χ0v) is 13.0. The average molecular weight is 284 g/mol. The summed E-state index contributed by atoms with van der Waals surface area (Å²) in [6, 6.07) is 0.102. The molecule has 0 aromatic rings. The summed E-state index contributed by atoms with van der Waals surface area (Å²) in [5.74, 6) is -0.821. The lowest BCUT2D eigenvalue weighted by atomic mass is 10.1. The number of hydrogen-bond donors (Lipinski definition) is 1. The Bertz CT molecular complexity index is 333. The van der Waals surface area contributed by atoms with E-state index in [1.54, 1.807) is 4.90 Å². The first-order chi connectivity index (χ1) is 9.51. The van der Waals surface area contributed by atoms with Gasteiger partial charge >= 0.3 is 12.0 Å². The van der Waals surface area contributed by atoms with Crippen molar-refractivity contribution < 1.29 is 14.7 Å². The first-order valence-electron chi connectivity index (χ1n) is 7.80. The molecule has 1 aliphatic rings. The minimum Gasteiger partial charge on any atom is -0.481 e. The average Bonchev–Trinajstić information content (AvgIpc) is 2.85. The SMILES string of the molecule is CCCCN(C(=O)N1CCCC1CC(=O)O)C(C)CC. The van der Waals surface area contributed by atoms with Crippen molar-refractivity contribution in [2.45, 2.75) is 71.4 Å². The molecule has 5 nitrogen and oxygen atoms in total. The molecule has 0 saturated carbocycles. The minimum absolute atomic E-state index is 0.0246. The van der Waals surface area contributed by atoms with E-state index in [2.05, 4.69) is 20.8 Å². The molecule has 1 saturated heterocycles. The molecule has 2 amide bonds. The van der Waals surface area contributed by atoms with Gasteiger partial charge in [-0.1, -0.05) is 20.3 Å². The summed E-state index contributed by atoms with van der Waals surface area (Å²) in [5.41, 5.74) is 0.